The number of rotatable bonds is 13. The Kier molecular flexibility index (Phi) is 9.88. The van der Waals surface area contributed by atoms with Gasteiger partial charge in [-0.1, -0.05) is 6.42 Å². The molecule has 11 heteroatoms. The maximum atomic E-state index is 12.5. The molecule has 1 aliphatic carbocycles. The summed E-state index contributed by atoms with van der Waals surface area (Å²) >= 11 is 1.90. The Hall–Kier alpha value is -2.56. The van der Waals surface area contributed by atoms with Gasteiger partial charge in [-0.05, 0) is 57.3 Å². The molecule has 3 aliphatic heterocycles. The van der Waals surface area contributed by atoms with Gasteiger partial charge in [-0.15, -0.1) is 0 Å². The number of urea groups is 1. The zero-order chi connectivity index (χ0) is 26.2. The van der Waals surface area contributed by atoms with Gasteiger partial charge in [0.1, 0.15) is 0 Å². The van der Waals surface area contributed by atoms with Crippen LogP contribution in [0.5, 0.6) is 0 Å². The Morgan fingerprint density at radius 1 is 0.919 bits per heavy atom. The molecule has 0 aromatic carbocycles. The van der Waals surface area contributed by atoms with Gasteiger partial charge in [-0.3, -0.25) is 24.1 Å². The monoisotopic (exact) mass is 533 g/mol. The Labute approximate surface area is 222 Å². The van der Waals surface area contributed by atoms with Crippen LogP contribution in [0.3, 0.4) is 0 Å². The molecule has 0 aromatic rings. The number of hydrogen-bond acceptors (Lipinski definition) is 6. The molecule has 2 saturated heterocycles. The molecule has 0 spiro atoms. The highest BCUT2D eigenvalue weighted by Gasteiger charge is 2.42. The van der Waals surface area contributed by atoms with Gasteiger partial charge in [0.05, 0.1) is 12.1 Å². The van der Waals surface area contributed by atoms with Crippen molar-refractivity contribution in [2.45, 2.75) is 81.5 Å². The average Bonchev–Trinajstić information content (AvgIpc) is 3.54. The minimum atomic E-state index is -0.239. The van der Waals surface area contributed by atoms with Crippen LogP contribution < -0.4 is 21.3 Å². The molecule has 1 saturated carbocycles. The number of imide groups is 1. The Morgan fingerprint density at radius 3 is 2.35 bits per heavy atom. The zero-order valence-corrected chi connectivity index (χ0v) is 22.2. The molecule has 4 aliphatic rings. The molecule has 37 heavy (non-hydrogen) atoms. The smallest absolute Gasteiger partial charge is 0.315 e. The summed E-state index contributed by atoms with van der Waals surface area (Å²) in [6.07, 6.45) is 10.9. The number of amides is 6. The maximum absolute atomic E-state index is 12.5. The van der Waals surface area contributed by atoms with E-state index in [2.05, 4.69) is 21.3 Å². The summed E-state index contributed by atoms with van der Waals surface area (Å²) in [5, 5.41) is 12.4. The molecule has 3 unspecified atom stereocenters. The van der Waals surface area contributed by atoms with E-state index in [-0.39, 0.29) is 53.6 Å². The number of hydrogen-bond donors (Lipinski definition) is 4. The van der Waals surface area contributed by atoms with Crippen molar-refractivity contribution in [2.24, 2.45) is 11.8 Å². The van der Waals surface area contributed by atoms with Gasteiger partial charge in [-0.25, -0.2) is 4.79 Å². The maximum Gasteiger partial charge on any atom is 0.315 e. The number of carbonyl (C=O) groups excluding carboxylic acids is 5. The Bertz CT molecular complexity index is 886. The van der Waals surface area contributed by atoms with Crippen LogP contribution in [-0.2, 0) is 19.2 Å². The summed E-state index contributed by atoms with van der Waals surface area (Å²) in [5.74, 6) is 0.891. The van der Waals surface area contributed by atoms with Crippen LogP contribution in [0.25, 0.3) is 0 Å². The van der Waals surface area contributed by atoms with E-state index in [0.717, 1.165) is 63.5 Å². The quantitative estimate of drug-likeness (QED) is 0.161. The van der Waals surface area contributed by atoms with Crippen molar-refractivity contribution in [3.05, 3.63) is 12.2 Å². The van der Waals surface area contributed by atoms with Crippen molar-refractivity contribution in [3.63, 3.8) is 0 Å². The minimum Gasteiger partial charge on any atom is -0.356 e. The molecule has 3 atom stereocenters. The summed E-state index contributed by atoms with van der Waals surface area (Å²) in [4.78, 5) is 60.7. The second-order valence-electron chi connectivity index (χ2n) is 10.6. The van der Waals surface area contributed by atoms with Gasteiger partial charge in [0.2, 0.25) is 11.8 Å². The average molecular weight is 534 g/mol. The van der Waals surface area contributed by atoms with Crippen molar-refractivity contribution in [1.29, 1.82) is 0 Å². The van der Waals surface area contributed by atoms with E-state index >= 15 is 0 Å². The minimum absolute atomic E-state index is 0.00576. The molecule has 3 fully saturated rings. The summed E-state index contributed by atoms with van der Waals surface area (Å²) in [6, 6.07) is 0.403. The summed E-state index contributed by atoms with van der Waals surface area (Å²) in [6.45, 7) is 1.66. The van der Waals surface area contributed by atoms with Crippen LogP contribution in [0.4, 0.5) is 4.79 Å². The highest BCUT2D eigenvalue weighted by Crippen LogP contribution is 2.33. The third-order valence-corrected chi connectivity index (χ3v) is 9.37. The fourth-order valence-corrected chi connectivity index (χ4v) is 7.22. The van der Waals surface area contributed by atoms with Crippen LogP contribution in [0.2, 0.25) is 0 Å². The number of thioether (sulfide) groups is 1. The third kappa shape index (κ3) is 7.72. The molecule has 0 radical (unpaired) electrons. The molecule has 204 valence electrons. The standard InChI is InChI=1S/C26H39N5O5S/c32-21(6-2-1-5-20-24-19(16-37-20)29-26(36)30-24)27-13-3-4-14-28-25(35)18-9-7-17(8-10-18)15-31-22(33)11-12-23(31)34/h11-12,17-20,24H,1-10,13-16H2,(H,27,32)(H,28,35)(H2,29,30,36). The van der Waals surface area contributed by atoms with Gasteiger partial charge < -0.3 is 21.3 Å². The summed E-state index contributed by atoms with van der Waals surface area (Å²) < 4.78 is 0. The molecule has 4 rings (SSSR count). The molecule has 0 bridgehead atoms. The highest BCUT2D eigenvalue weighted by atomic mass is 32.2. The van der Waals surface area contributed by atoms with Crippen LogP contribution in [0.1, 0.15) is 64.2 Å². The molecule has 6 amide bonds. The highest BCUT2D eigenvalue weighted by molar-refractivity contribution is 8.00. The second kappa shape index (κ2) is 13.3. The number of carbonyl (C=O) groups is 5. The summed E-state index contributed by atoms with van der Waals surface area (Å²) in [5.41, 5.74) is 0. The molecular weight excluding hydrogens is 494 g/mol. The van der Waals surface area contributed by atoms with Crippen molar-refractivity contribution < 1.29 is 24.0 Å². The first-order valence-corrected chi connectivity index (χ1v) is 14.7. The van der Waals surface area contributed by atoms with Crippen LogP contribution in [0.15, 0.2) is 12.2 Å². The van der Waals surface area contributed by atoms with Crippen molar-refractivity contribution in [1.82, 2.24) is 26.2 Å². The van der Waals surface area contributed by atoms with E-state index in [0.29, 0.717) is 31.3 Å². The lowest BCUT2D eigenvalue weighted by Gasteiger charge is -2.30. The first kappa shape index (κ1) is 27.5. The number of nitrogens with one attached hydrogen (secondary N) is 4. The van der Waals surface area contributed by atoms with Crippen molar-refractivity contribution >= 4 is 41.4 Å². The van der Waals surface area contributed by atoms with Crippen LogP contribution in [-0.4, -0.2) is 77.3 Å². The number of fused-ring (bicyclic) bond motifs is 1. The zero-order valence-electron chi connectivity index (χ0n) is 21.3. The second-order valence-corrected chi connectivity index (χ2v) is 11.8. The molecular formula is C26H39N5O5S. The normalized spacial score (nSPS) is 28.7. The largest absolute Gasteiger partial charge is 0.356 e. The van der Waals surface area contributed by atoms with E-state index in [1.54, 1.807) is 0 Å². The van der Waals surface area contributed by atoms with Crippen LogP contribution in [0, 0.1) is 11.8 Å². The summed E-state index contributed by atoms with van der Waals surface area (Å²) in [7, 11) is 0. The predicted molar refractivity (Wildman–Crippen MR) is 141 cm³/mol. The number of nitrogens with zero attached hydrogens (tertiary/aromatic N) is 1. The Balaban J connectivity index is 0.969. The fraction of sp³-hybridized carbons (Fsp3) is 0.731. The number of unbranched alkanes of at least 4 members (excludes halogenated alkanes) is 2. The lowest BCUT2D eigenvalue weighted by atomic mass is 9.81. The predicted octanol–water partition coefficient (Wildman–Crippen LogP) is 1.46. The van der Waals surface area contributed by atoms with Crippen LogP contribution >= 0.6 is 11.8 Å². The van der Waals surface area contributed by atoms with Crippen molar-refractivity contribution in [2.75, 3.05) is 25.4 Å². The first-order chi connectivity index (χ1) is 17.9. The van der Waals surface area contributed by atoms with Gasteiger partial charge in [0.25, 0.3) is 11.8 Å². The lowest BCUT2D eigenvalue weighted by Crippen LogP contribution is -2.38. The topological polar surface area (TPSA) is 137 Å². The Morgan fingerprint density at radius 2 is 1.62 bits per heavy atom. The van der Waals surface area contributed by atoms with E-state index in [9.17, 15) is 24.0 Å². The molecule has 4 N–H and O–H groups in total. The van der Waals surface area contributed by atoms with E-state index in [1.807, 2.05) is 11.8 Å². The molecule has 10 nitrogen and oxygen atoms in total. The molecule has 0 aromatic heterocycles. The molecule has 3 heterocycles. The van der Waals surface area contributed by atoms with Gasteiger partial charge in [-0.2, -0.15) is 11.8 Å². The van der Waals surface area contributed by atoms with E-state index in [4.69, 9.17) is 0 Å². The van der Waals surface area contributed by atoms with Crippen molar-refractivity contribution in [3.8, 4) is 0 Å². The van der Waals surface area contributed by atoms with E-state index in [1.165, 1.54) is 17.1 Å². The van der Waals surface area contributed by atoms with Gasteiger partial charge >= 0.3 is 6.03 Å². The fourth-order valence-electron chi connectivity index (χ4n) is 5.67. The van der Waals surface area contributed by atoms with E-state index < -0.39 is 0 Å². The van der Waals surface area contributed by atoms with Gasteiger partial charge in [0.15, 0.2) is 0 Å². The third-order valence-electron chi connectivity index (χ3n) is 7.86. The lowest BCUT2D eigenvalue weighted by molar-refractivity contribution is -0.138. The SMILES string of the molecule is O=C(CCCCC1SCC2NC(=O)NC21)NCCCCNC(=O)C1CCC(CN2C(=O)C=CC2=O)CC1. The van der Waals surface area contributed by atoms with Gasteiger partial charge in [0, 0.05) is 55.1 Å². The first-order valence-electron chi connectivity index (χ1n) is 13.7.